The number of hydrogen-bond donors (Lipinski definition) is 1. The number of carboxylic acids is 1. The Hall–Kier alpha value is -3.63. The molecular weight excluding hydrogens is 586 g/mol. The van der Waals surface area contributed by atoms with Gasteiger partial charge in [-0.1, -0.05) is 34.4 Å². The van der Waals surface area contributed by atoms with Crippen molar-refractivity contribution in [3.8, 4) is 11.3 Å². The Morgan fingerprint density at radius 1 is 1.12 bits per heavy atom. The fourth-order valence-electron chi connectivity index (χ4n) is 6.59. The highest BCUT2D eigenvalue weighted by Crippen LogP contribution is 2.46. The SMILES string of the molecule is Cn1c(N2[C@@H]3CC[C@H]2C[C@@H](OC(=O)Cc2c(-c4c(Cl)cccc4Cl)noc2C2CC2)C3)nc2c(F)cc(C(=O)O)cc21. The number of aromatic carboxylic acids is 1. The topological polar surface area (TPSA) is 111 Å². The summed E-state index contributed by atoms with van der Waals surface area (Å²) in [4.78, 5) is 31.5. The molecule has 3 aliphatic rings. The van der Waals surface area contributed by atoms with Gasteiger partial charge in [-0.3, -0.25) is 4.79 Å². The summed E-state index contributed by atoms with van der Waals surface area (Å²) >= 11 is 12.9. The molecule has 1 saturated carbocycles. The Bertz CT molecular complexity index is 1710. The minimum atomic E-state index is -1.20. The molecule has 2 bridgehead atoms. The van der Waals surface area contributed by atoms with E-state index in [1.807, 2.05) is 0 Å². The minimum Gasteiger partial charge on any atom is -0.478 e. The number of aryl methyl sites for hydroxylation is 1. The number of aromatic nitrogens is 3. The number of piperidine rings is 1. The van der Waals surface area contributed by atoms with E-state index in [0.717, 1.165) is 31.7 Å². The molecular formula is C30H27Cl2FN4O5. The molecule has 7 rings (SSSR count). The molecule has 1 N–H and O–H groups in total. The van der Waals surface area contributed by atoms with E-state index in [9.17, 15) is 19.1 Å². The van der Waals surface area contributed by atoms with E-state index in [2.05, 4.69) is 15.0 Å². The number of carbonyl (C=O) groups excluding carboxylic acids is 1. The second-order valence-electron chi connectivity index (χ2n) is 11.4. The fraction of sp³-hybridized carbons (Fsp3) is 0.400. The average molecular weight is 613 g/mol. The maximum atomic E-state index is 14.8. The molecule has 218 valence electrons. The highest BCUT2D eigenvalue weighted by molar-refractivity contribution is 6.39. The van der Waals surface area contributed by atoms with Gasteiger partial charge in [0.05, 0.1) is 27.5 Å². The summed E-state index contributed by atoms with van der Waals surface area (Å²) in [6.07, 6.45) is 4.64. The Labute approximate surface area is 250 Å². The first-order valence-electron chi connectivity index (χ1n) is 14.0. The van der Waals surface area contributed by atoms with Crippen molar-refractivity contribution < 1.29 is 28.3 Å². The maximum absolute atomic E-state index is 14.8. The van der Waals surface area contributed by atoms with Crippen LogP contribution >= 0.6 is 23.2 Å². The van der Waals surface area contributed by atoms with Gasteiger partial charge in [-0.05, 0) is 49.9 Å². The molecule has 0 unspecified atom stereocenters. The van der Waals surface area contributed by atoms with Gasteiger partial charge in [-0.15, -0.1) is 0 Å². The first-order chi connectivity index (χ1) is 20.2. The highest BCUT2D eigenvalue weighted by Gasteiger charge is 2.44. The quantitative estimate of drug-likeness (QED) is 0.234. The molecule has 3 atom stereocenters. The van der Waals surface area contributed by atoms with Gasteiger partial charge in [-0.25, -0.2) is 14.2 Å². The molecule has 42 heavy (non-hydrogen) atoms. The number of hydrogen-bond acceptors (Lipinski definition) is 7. The van der Waals surface area contributed by atoms with Crippen LogP contribution in [0, 0.1) is 5.82 Å². The number of fused-ring (bicyclic) bond motifs is 3. The molecule has 9 nitrogen and oxygen atoms in total. The van der Waals surface area contributed by atoms with Crippen LogP contribution in [0.25, 0.3) is 22.3 Å². The van der Waals surface area contributed by atoms with Gasteiger partial charge in [0.25, 0.3) is 0 Å². The van der Waals surface area contributed by atoms with E-state index in [4.69, 9.17) is 32.5 Å². The third-order valence-corrected chi connectivity index (χ3v) is 9.30. The summed E-state index contributed by atoms with van der Waals surface area (Å²) in [7, 11) is 1.76. The molecule has 4 aromatic rings. The van der Waals surface area contributed by atoms with Crippen molar-refractivity contribution in [3.63, 3.8) is 0 Å². The van der Waals surface area contributed by atoms with Crippen molar-refractivity contribution in [3.05, 3.63) is 63.1 Å². The molecule has 0 amide bonds. The largest absolute Gasteiger partial charge is 0.478 e. The lowest BCUT2D eigenvalue weighted by molar-refractivity contribution is -0.149. The van der Waals surface area contributed by atoms with Crippen LogP contribution in [-0.2, 0) is 23.0 Å². The zero-order valence-electron chi connectivity index (χ0n) is 22.6. The second kappa shape index (κ2) is 10.3. The first-order valence-corrected chi connectivity index (χ1v) is 14.7. The normalized spacial score (nSPS) is 21.7. The van der Waals surface area contributed by atoms with E-state index in [1.54, 1.807) is 29.8 Å². The molecule has 0 radical (unpaired) electrons. The Morgan fingerprint density at radius 2 is 1.81 bits per heavy atom. The molecule has 2 aromatic carbocycles. The van der Waals surface area contributed by atoms with E-state index < -0.39 is 11.8 Å². The van der Waals surface area contributed by atoms with Crippen LogP contribution in [0.1, 0.15) is 66.1 Å². The third kappa shape index (κ3) is 4.61. The second-order valence-corrected chi connectivity index (χ2v) is 12.2. The van der Waals surface area contributed by atoms with Crippen LogP contribution in [0.3, 0.4) is 0 Å². The summed E-state index contributed by atoms with van der Waals surface area (Å²) in [5, 5.41) is 14.5. The van der Waals surface area contributed by atoms with Gasteiger partial charge in [-0.2, -0.15) is 0 Å². The predicted octanol–water partition coefficient (Wildman–Crippen LogP) is 6.54. The monoisotopic (exact) mass is 612 g/mol. The van der Waals surface area contributed by atoms with Gasteiger partial charge >= 0.3 is 11.9 Å². The lowest BCUT2D eigenvalue weighted by Gasteiger charge is -2.39. The summed E-state index contributed by atoms with van der Waals surface area (Å²) in [6, 6.07) is 7.74. The Kier molecular flexibility index (Phi) is 6.66. The number of carbonyl (C=O) groups is 2. The number of nitrogens with zero attached hydrogens (tertiary/aromatic N) is 4. The van der Waals surface area contributed by atoms with E-state index in [1.165, 1.54) is 6.07 Å². The van der Waals surface area contributed by atoms with Crippen molar-refractivity contribution in [2.24, 2.45) is 7.05 Å². The van der Waals surface area contributed by atoms with Crippen LogP contribution in [-0.4, -0.2) is 49.9 Å². The fourth-order valence-corrected chi connectivity index (χ4v) is 7.17. The lowest BCUT2D eigenvalue weighted by Crippen LogP contribution is -2.47. The average Bonchev–Trinajstić information content (AvgIpc) is 3.55. The van der Waals surface area contributed by atoms with Crippen LogP contribution in [0.4, 0.5) is 10.3 Å². The van der Waals surface area contributed by atoms with Gasteiger partial charge < -0.3 is 23.8 Å². The number of imidazole rings is 1. The Balaban J connectivity index is 1.10. The summed E-state index contributed by atoms with van der Waals surface area (Å²) in [5.41, 5.74) is 2.12. The van der Waals surface area contributed by atoms with Crippen molar-refractivity contribution >= 4 is 52.1 Å². The number of ether oxygens (including phenoxy) is 1. The van der Waals surface area contributed by atoms with Crippen molar-refractivity contribution in [1.82, 2.24) is 14.7 Å². The zero-order valence-corrected chi connectivity index (χ0v) is 24.2. The first kappa shape index (κ1) is 27.2. The van der Waals surface area contributed by atoms with Gasteiger partial charge in [0, 0.05) is 49.0 Å². The molecule has 2 saturated heterocycles. The lowest BCUT2D eigenvalue weighted by atomic mass is 9.99. The molecule has 4 heterocycles. The number of rotatable bonds is 7. The number of anilines is 1. The third-order valence-electron chi connectivity index (χ3n) is 8.67. The van der Waals surface area contributed by atoms with Crippen LogP contribution in [0.15, 0.2) is 34.9 Å². The zero-order chi connectivity index (χ0) is 29.3. The number of carboxylic acid groups (broad SMARTS) is 1. The number of benzene rings is 2. The number of halogens is 3. The standard InChI is InChI=1S/C30H27Cl2FN4O5/c1-36-23-10-15(29(39)40)9-22(33)27(23)34-30(36)37-16-7-8-17(37)12-18(11-16)41-24(38)13-19-26(35-42-28(19)14-5-6-14)25-20(31)3-2-4-21(25)32/h2-4,9-10,14,16-18H,5-8,11-13H2,1H3,(H,39,40)/t16-,17+,18+. The van der Waals surface area contributed by atoms with Crippen LogP contribution < -0.4 is 4.90 Å². The van der Waals surface area contributed by atoms with Crippen molar-refractivity contribution in [2.75, 3.05) is 4.90 Å². The van der Waals surface area contributed by atoms with E-state index >= 15 is 0 Å². The van der Waals surface area contributed by atoms with Crippen LogP contribution in [0.2, 0.25) is 10.0 Å². The summed E-state index contributed by atoms with van der Waals surface area (Å²) < 4.78 is 28.2. The smallest absolute Gasteiger partial charge is 0.335 e. The van der Waals surface area contributed by atoms with Crippen molar-refractivity contribution in [2.45, 2.75) is 69.1 Å². The molecule has 1 aliphatic carbocycles. The summed E-state index contributed by atoms with van der Waals surface area (Å²) in [5.74, 6) is -0.734. The predicted molar refractivity (Wildman–Crippen MR) is 154 cm³/mol. The van der Waals surface area contributed by atoms with Gasteiger partial charge in [0.15, 0.2) is 5.82 Å². The number of esters is 1. The molecule has 3 fully saturated rings. The highest BCUT2D eigenvalue weighted by atomic mass is 35.5. The molecule has 2 aromatic heterocycles. The van der Waals surface area contributed by atoms with Gasteiger partial charge in [0.2, 0.25) is 5.95 Å². The molecule has 12 heteroatoms. The molecule has 0 spiro atoms. The summed E-state index contributed by atoms with van der Waals surface area (Å²) in [6.45, 7) is 0. The van der Waals surface area contributed by atoms with Gasteiger partial charge in [0.1, 0.15) is 23.1 Å². The van der Waals surface area contributed by atoms with Crippen molar-refractivity contribution in [1.29, 1.82) is 0 Å². The van der Waals surface area contributed by atoms with E-state index in [-0.39, 0.29) is 47.6 Å². The van der Waals surface area contributed by atoms with E-state index in [0.29, 0.717) is 56.9 Å². The Morgan fingerprint density at radius 3 is 2.45 bits per heavy atom. The van der Waals surface area contributed by atoms with Crippen LogP contribution in [0.5, 0.6) is 0 Å². The molecule has 2 aliphatic heterocycles. The maximum Gasteiger partial charge on any atom is 0.335 e. The minimum absolute atomic E-state index is 0.00227.